The van der Waals surface area contributed by atoms with Crippen molar-refractivity contribution in [3.05, 3.63) is 59.7 Å². The van der Waals surface area contributed by atoms with Crippen molar-refractivity contribution in [1.29, 1.82) is 0 Å². The van der Waals surface area contributed by atoms with Crippen LogP contribution in [0.3, 0.4) is 0 Å². The second-order valence-corrected chi connectivity index (χ2v) is 6.18. The molecule has 2 aromatic carbocycles. The first-order chi connectivity index (χ1) is 11.1. The standard InChI is InChI=1S/C19H22N2O2/c1-21(2)15-10-8-14(9-11-15)18(22)20-19(12-13-19)16-6-4-5-7-17(16)23-3/h4-11H,12-13H2,1-3H3,(H,20,22). The quantitative estimate of drug-likeness (QED) is 0.922. The first kappa shape index (κ1) is 15.4. The van der Waals surface area contributed by atoms with E-state index in [0.717, 1.165) is 29.8 Å². The van der Waals surface area contributed by atoms with Crippen molar-refractivity contribution < 1.29 is 9.53 Å². The van der Waals surface area contributed by atoms with Gasteiger partial charge in [-0.2, -0.15) is 0 Å². The van der Waals surface area contributed by atoms with Crippen LogP contribution in [0.2, 0.25) is 0 Å². The van der Waals surface area contributed by atoms with Crippen LogP contribution in [0.1, 0.15) is 28.8 Å². The van der Waals surface area contributed by atoms with E-state index in [1.165, 1.54) is 0 Å². The van der Waals surface area contributed by atoms with E-state index in [0.29, 0.717) is 5.56 Å². The zero-order chi connectivity index (χ0) is 16.4. The van der Waals surface area contributed by atoms with Crippen LogP contribution in [0.25, 0.3) is 0 Å². The maximum atomic E-state index is 12.6. The second kappa shape index (κ2) is 5.95. The van der Waals surface area contributed by atoms with Gasteiger partial charge in [-0.15, -0.1) is 0 Å². The van der Waals surface area contributed by atoms with Crippen LogP contribution in [0.15, 0.2) is 48.5 Å². The normalized spacial score (nSPS) is 14.9. The Morgan fingerprint density at radius 2 is 1.74 bits per heavy atom. The maximum absolute atomic E-state index is 12.6. The molecule has 0 spiro atoms. The van der Waals surface area contributed by atoms with Gasteiger partial charge in [-0.05, 0) is 43.2 Å². The minimum Gasteiger partial charge on any atom is -0.496 e. The molecule has 0 unspecified atom stereocenters. The zero-order valence-electron chi connectivity index (χ0n) is 13.8. The number of para-hydroxylation sites is 1. The summed E-state index contributed by atoms with van der Waals surface area (Å²) < 4.78 is 5.44. The highest BCUT2D eigenvalue weighted by atomic mass is 16.5. The third kappa shape index (κ3) is 3.02. The number of ether oxygens (including phenoxy) is 1. The third-order valence-corrected chi connectivity index (χ3v) is 4.37. The fraction of sp³-hybridized carbons (Fsp3) is 0.316. The summed E-state index contributed by atoms with van der Waals surface area (Å²) in [7, 11) is 5.63. The largest absolute Gasteiger partial charge is 0.496 e. The van der Waals surface area contributed by atoms with Crippen molar-refractivity contribution in [3.63, 3.8) is 0 Å². The zero-order valence-corrected chi connectivity index (χ0v) is 13.8. The van der Waals surface area contributed by atoms with Crippen LogP contribution >= 0.6 is 0 Å². The highest BCUT2D eigenvalue weighted by molar-refractivity contribution is 5.95. The van der Waals surface area contributed by atoms with Crippen LogP contribution in [0.5, 0.6) is 5.75 Å². The lowest BCUT2D eigenvalue weighted by atomic mass is 10.0. The first-order valence-corrected chi connectivity index (χ1v) is 7.79. The number of nitrogens with zero attached hydrogens (tertiary/aromatic N) is 1. The SMILES string of the molecule is COc1ccccc1C1(NC(=O)c2ccc(N(C)C)cc2)CC1. The van der Waals surface area contributed by atoms with E-state index in [2.05, 4.69) is 5.32 Å². The second-order valence-electron chi connectivity index (χ2n) is 6.18. The predicted molar refractivity (Wildman–Crippen MR) is 92.1 cm³/mol. The van der Waals surface area contributed by atoms with Crippen molar-refractivity contribution >= 4 is 11.6 Å². The van der Waals surface area contributed by atoms with E-state index < -0.39 is 0 Å². The smallest absolute Gasteiger partial charge is 0.251 e. The lowest BCUT2D eigenvalue weighted by Gasteiger charge is -2.21. The number of amides is 1. The number of methoxy groups -OCH3 is 1. The minimum atomic E-state index is -0.288. The van der Waals surface area contributed by atoms with Crippen molar-refractivity contribution in [1.82, 2.24) is 5.32 Å². The van der Waals surface area contributed by atoms with Gasteiger partial charge in [0.2, 0.25) is 0 Å². The average molecular weight is 310 g/mol. The van der Waals surface area contributed by atoms with Gasteiger partial charge in [-0.3, -0.25) is 4.79 Å². The molecule has 1 fully saturated rings. The number of anilines is 1. The summed E-state index contributed by atoms with van der Waals surface area (Å²) in [6.45, 7) is 0. The Morgan fingerprint density at radius 1 is 1.09 bits per heavy atom. The molecule has 1 saturated carbocycles. The van der Waals surface area contributed by atoms with E-state index in [1.54, 1.807) is 7.11 Å². The summed E-state index contributed by atoms with van der Waals surface area (Å²) in [4.78, 5) is 14.6. The first-order valence-electron chi connectivity index (χ1n) is 7.79. The summed E-state index contributed by atoms with van der Waals surface area (Å²) in [6, 6.07) is 15.5. The summed E-state index contributed by atoms with van der Waals surface area (Å²) in [5, 5.41) is 3.19. The van der Waals surface area contributed by atoms with Gasteiger partial charge in [-0.1, -0.05) is 18.2 Å². The number of hydrogen-bond donors (Lipinski definition) is 1. The highest BCUT2D eigenvalue weighted by Gasteiger charge is 2.47. The number of benzene rings is 2. The molecule has 0 atom stereocenters. The number of carbonyl (C=O) groups excluding carboxylic acids is 1. The van der Waals surface area contributed by atoms with Crippen molar-refractivity contribution in [2.24, 2.45) is 0 Å². The number of carbonyl (C=O) groups is 1. The minimum absolute atomic E-state index is 0.0429. The molecule has 4 heteroatoms. The predicted octanol–water partition coefficient (Wildman–Crippen LogP) is 3.18. The van der Waals surface area contributed by atoms with Crippen LogP contribution in [-0.2, 0) is 5.54 Å². The molecule has 1 aliphatic carbocycles. The van der Waals surface area contributed by atoms with Crippen molar-refractivity contribution in [3.8, 4) is 5.75 Å². The molecular formula is C19H22N2O2. The van der Waals surface area contributed by atoms with Crippen LogP contribution in [0, 0.1) is 0 Å². The maximum Gasteiger partial charge on any atom is 0.251 e. The average Bonchev–Trinajstić information content (AvgIpc) is 3.35. The van der Waals surface area contributed by atoms with Gasteiger partial charge >= 0.3 is 0 Å². The lowest BCUT2D eigenvalue weighted by molar-refractivity contribution is 0.0930. The molecule has 3 rings (SSSR count). The molecule has 0 bridgehead atoms. The molecule has 0 aliphatic heterocycles. The number of hydrogen-bond acceptors (Lipinski definition) is 3. The van der Waals surface area contributed by atoms with Gasteiger partial charge in [0.05, 0.1) is 12.6 Å². The molecule has 1 aliphatic rings. The van der Waals surface area contributed by atoms with Gasteiger partial charge in [-0.25, -0.2) is 0 Å². The molecule has 2 aromatic rings. The Hall–Kier alpha value is -2.49. The van der Waals surface area contributed by atoms with E-state index in [1.807, 2.05) is 67.5 Å². The molecule has 0 saturated heterocycles. The lowest BCUT2D eigenvalue weighted by Crippen LogP contribution is -2.35. The Labute approximate surface area is 137 Å². The van der Waals surface area contributed by atoms with Gasteiger partial charge in [0, 0.05) is 30.9 Å². The van der Waals surface area contributed by atoms with Crippen LogP contribution < -0.4 is 15.0 Å². The Morgan fingerprint density at radius 3 is 2.30 bits per heavy atom. The van der Waals surface area contributed by atoms with Gasteiger partial charge in [0.15, 0.2) is 0 Å². The Bertz CT molecular complexity index is 704. The Balaban J connectivity index is 1.79. The monoisotopic (exact) mass is 310 g/mol. The molecule has 0 radical (unpaired) electrons. The summed E-state index contributed by atoms with van der Waals surface area (Å²) in [6.07, 6.45) is 1.88. The van der Waals surface area contributed by atoms with Crippen molar-refractivity contribution in [2.75, 3.05) is 26.1 Å². The van der Waals surface area contributed by atoms with E-state index in [9.17, 15) is 4.79 Å². The van der Waals surface area contributed by atoms with Gasteiger partial charge in [0.25, 0.3) is 5.91 Å². The summed E-state index contributed by atoms with van der Waals surface area (Å²) in [5.41, 5.74) is 2.52. The summed E-state index contributed by atoms with van der Waals surface area (Å²) >= 11 is 0. The molecule has 1 amide bonds. The number of nitrogens with one attached hydrogen (secondary N) is 1. The molecule has 0 aromatic heterocycles. The van der Waals surface area contributed by atoms with Crippen LogP contribution in [0.4, 0.5) is 5.69 Å². The molecule has 23 heavy (non-hydrogen) atoms. The summed E-state index contributed by atoms with van der Waals surface area (Å²) in [5.74, 6) is 0.784. The Kier molecular flexibility index (Phi) is 3.99. The van der Waals surface area contributed by atoms with Gasteiger partial charge in [0.1, 0.15) is 5.75 Å². The highest BCUT2D eigenvalue weighted by Crippen LogP contribution is 2.49. The molecule has 1 N–H and O–H groups in total. The topological polar surface area (TPSA) is 41.6 Å². The molecule has 0 heterocycles. The van der Waals surface area contributed by atoms with E-state index in [-0.39, 0.29) is 11.4 Å². The van der Waals surface area contributed by atoms with Crippen molar-refractivity contribution in [2.45, 2.75) is 18.4 Å². The van der Waals surface area contributed by atoms with Gasteiger partial charge < -0.3 is 15.0 Å². The fourth-order valence-corrected chi connectivity index (χ4v) is 2.83. The fourth-order valence-electron chi connectivity index (χ4n) is 2.83. The van der Waals surface area contributed by atoms with E-state index >= 15 is 0 Å². The van der Waals surface area contributed by atoms with E-state index in [4.69, 9.17) is 4.74 Å². The van der Waals surface area contributed by atoms with Crippen LogP contribution in [-0.4, -0.2) is 27.1 Å². The molecular weight excluding hydrogens is 288 g/mol. The molecule has 4 nitrogen and oxygen atoms in total. The number of rotatable bonds is 5. The third-order valence-electron chi connectivity index (χ3n) is 4.37. The molecule has 120 valence electrons.